The van der Waals surface area contributed by atoms with Crippen molar-refractivity contribution in [2.24, 2.45) is 5.92 Å². The number of likely N-dealkylation sites (tertiary alicyclic amines) is 1. The van der Waals surface area contributed by atoms with E-state index in [4.69, 9.17) is 11.6 Å². The van der Waals surface area contributed by atoms with Crippen molar-refractivity contribution in [3.63, 3.8) is 0 Å². The van der Waals surface area contributed by atoms with E-state index in [1.54, 1.807) is 21.9 Å². The van der Waals surface area contributed by atoms with Crippen molar-refractivity contribution in [3.05, 3.63) is 29.3 Å². The molecule has 6 heteroatoms. The first-order chi connectivity index (χ1) is 12.1. The highest BCUT2D eigenvalue weighted by atomic mass is 35.5. The van der Waals surface area contributed by atoms with E-state index in [0.29, 0.717) is 30.6 Å². The van der Waals surface area contributed by atoms with Crippen molar-refractivity contribution >= 4 is 29.1 Å². The number of anilines is 1. The van der Waals surface area contributed by atoms with E-state index in [2.05, 4.69) is 4.90 Å². The molecule has 0 aromatic heterocycles. The van der Waals surface area contributed by atoms with Gasteiger partial charge in [-0.3, -0.25) is 14.5 Å². The maximum Gasteiger partial charge on any atom is 0.246 e. The number of fused-ring (bicyclic) bond motifs is 2. The fourth-order valence-corrected chi connectivity index (χ4v) is 4.69. The van der Waals surface area contributed by atoms with Gasteiger partial charge < -0.3 is 9.80 Å². The lowest BCUT2D eigenvalue weighted by atomic mass is 10.1. The SMILES string of the molecule is O=C(CCN1C[C@H]2CC[C@@H]1C2)N1CCN(c2cccc(Cl)c2)C(=O)C1. The summed E-state index contributed by atoms with van der Waals surface area (Å²) in [7, 11) is 0. The zero-order valence-corrected chi connectivity index (χ0v) is 15.1. The van der Waals surface area contributed by atoms with Gasteiger partial charge >= 0.3 is 0 Å². The van der Waals surface area contributed by atoms with E-state index in [9.17, 15) is 9.59 Å². The van der Waals surface area contributed by atoms with Gasteiger partial charge in [0.15, 0.2) is 0 Å². The lowest BCUT2D eigenvalue weighted by Crippen LogP contribution is -2.52. The Balaban J connectivity index is 1.30. The zero-order valence-electron chi connectivity index (χ0n) is 14.4. The lowest BCUT2D eigenvalue weighted by Gasteiger charge is -2.35. The highest BCUT2D eigenvalue weighted by Gasteiger charge is 2.37. The molecule has 2 bridgehead atoms. The molecule has 2 amide bonds. The van der Waals surface area contributed by atoms with Crippen LogP contribution in [0.1, 0.15) is 25.7 Å². The minimum atomic E-state index is -0.0397. The molecule has 4 rings (SSSR count). The van der Waals surface area contributed by atoms with Gasteiger partial charge in [0, 0.05) is 49.4 Å². The third-order valence-electron chi connectivity index (χ3n) is 5.83. The van der Waals surface area contributed by atoms with Gasteiger partial charge in [-0.2, -0.15) is 0 Å². The van der Waals surface area contributed by atoms with Gasteiger partial charge in [0.1, 0.15) is 6.54 Å². The Hall–Kier alpha value is -1.59. The van der Waals surface area contributed by atoms with Crippen LogP contribution in [0.2, 0.25) is 5.02 Å². The van der Waals surface area contributed by atoms with E-state index in [1.165, 1.54) is 19.3 Å². The second-order valence-electron chi connectivity index (χ2n) is 7.42. The van der Waals surface area contributed by atoms with Crippen LogP contribution >= 0.6 is 11.6 Å². The molecule has 0 unspecified atom stereocenters. The summed E-state index contributed by atoms with van der Waals surface area (Å²) in [6.07, 6.45) is 4.48. The Labute approximate surface area is 153 Å². The van der Waals surface area contributed by atoms with Crippen LogP contribution in [-0.4, -0.2) is 60.4 Å². The Kier molecular flexibility index (Phi) is 4.69. The molecule has 0 radical (unpaired) electrons. The summed E-state index contributed by atoms with van der Waals surface area (Å²) in [4.78, 5) is 30.9. The molecule has 2 heterocycles. The van der Waals surface area contributed by atoms with Crippen molar-refractivity contribution in [3.8, 4) is 0 Å². The summed E-state index contributed by atoms with van der Waals surface area (Å²) in [5.41, 5.74) is 0.803. The number of hydrogen-bond acceptors (Lipinski definition) is 3. The minimum absolute atomic E-state index is 0.0397. The molecule has 1 saturated carbocycles. The summed E-state index contributed by atoms with van der Waals surface area (Å²) < 4.78 is 0. The van der Waals surface area contributed by atoms with Gasteiger partial charge in [0.25, 0.3) is 0 Å². The average Bonchev–Trinajstić information content (AvgIpc) is 3.22. The monoisotopic (exact) mass is 361 g/mol. The fraction of sp³-hybridized carbons (Fsp3) is 0.579. The molecule has 0 N–H and O–H groups in total. The van der Waals surface area contributed by atoms with Gasteiger partial charge in [-0.1, -0.05) is 17.7 Å². The fourth-order valence-electron chi connectivity index (χ4n) is 4.50. The Morgan fingerprint density at radius 2 is 2.12 bits per heavy atom. The van der Waals surface area contributed by atoms with Crippen LogP contribution in [0, 0.1) is 5.92 Å². The predicted octanol–water partition coefficient (Wildman–Crippen LogP) is 2.39. The minimum Gasteiger partial charge on any atom is -0.332 e. The number of amides is 2. The molecule has 25 heavy (non-hydrogen) atoms. The van der Waals surface area contributed by atoms with Crippen molar-refractivity contribution in [2.75, 3.05) is 37.6 Å². The number of benzene rings is 1. The lowest BCUT2D eigenvalue weighted by molar-refractivity contribution is -0.137. The van der Waals surface area contributed by atoms with Crippen LogP contribution in [0.4, 0.5) is 5.69 Å². The number of piperazine rings is 1. The summed E-state index contributed by atoms with van der Waals surface area (Å²) in [5.74, 6) is 0.909. The molecule has 2 atom stereocenters. The van der Waals surface area contributed by atoms with Gasteiger partial charge in [0.2, 0.25) is 11.8 Å². The van der Waals surface area contributed by atoms with Crippen LogP contribution in [0.25, 0.3) is 0 Å². The van der Waals surface area contributed by atoms with Gasteiger partial charge in [-0.25, -0.2) is 0 Å². The molecule has 134 valence electrons. The van der Waals surface area contributed by atoms with Crippen LogP contribution in [-0.2, 0) is 9.59 Å². The Morgan fingerprint density at radius 3 is 2.80 bits per heavy atom. The first-order valence-corrected chi connectivity index (χ1v) is 9.56. The highest BCUT2D eigenvalue weighted by Crippen LogP contribution is 2.37. The second kappa shape index (κ2) is 6.96. The molecule has 2 saturated heterocycles. The Morgan fingerprint density at radius 1 is 1.24 bits per heavy atom. The van der Waals surface area contributed by atoms with E-state index in [-0.39, 0.29) is 18.4 Å². The van der Waals surface area contributed by atoms with E-state index in [1.807, 2.05) is 12.1 Å². The van der Waals surface area contributed by atoms with Crippen LogP contribution in [0.3, 0.4) is 0 Å². The topological polar surface area (TPSA) is 43.9 Å². The normalized spacial score (nSPS) is 26.5. The number of carbonyl (C=O) groups is 2. The Bertz CT molecular complexity index is 680. The summed E-state index contributed by atoms with van der Waals surface area (Å²) in [6, 6.07) is 7.99. The van der Waals surface area contributed by atoms with Crippen LogP contribution in [0.5, 0.6) is 0 Å². The maximum absolute atomic E-state index is 12.5. The predicted molar refractivity (Wildman–Crippen MR) is 97.7 cm³/mol. The van der Waals surface area contributed by atoms with Gasteiger partial charge in [-0.15, -0.1) is 0 Å². The summed E-state index contributed by atoms with van der Waals surface area (Å²) >= 11 is 6.01. The van der Waals surface area contributed by atoms with E-state index >= 15 is 0 Å². The summed E-state index contributed by atoms with van der Waals surface area (Å²) in [6.45, 7) is 3.27. The standard InChI is InChI=1S/C19H24ClN3O2/c20-15-2-1-3-17(11-15)23-9-8-22(13-19(23)25)18(24)6-7-21-12-14-4-5-16(21)10-14/h1-3,11,14,16H,4-10,12-13H2/t14-,16+/m0/s1. The largest absolute Gasteiger partial charge is 0.332 e. The first-order valence-electron chi connectivity index (χ1n) is 9.18. The zero-order chi connectivity index (χ0) is 17.4. The third kappa shape index (κ3) is 3.53. The molecule has 0 spiro atoms. The van der Waals surface area contributed by atoms with E-state index in [0.717, 1.165) is 24.7 Å². The molecule has 5 nitrogen and oxygen atoms in total. The summed E-state index contributed by atoms with van der Waals surface area (Å²) in [5, 5.41) is 0.615. The first kappa shape index (κ1) is 16.9. The van der Waals surface area contributed by atoms with Crippen LogP contribution < -0.4 is 4.90 Å². The van der Waals surface area contributed by atoms with E-state index < -0.39 is 0 Å². The third-order valence-corrected chi connectivity index (χ3v) is 6.06. The molecule has 1 aromatic rings. The van der Waals surface area contributed by atoms with Crippen molar-refractivity contribution in [1.29, 1.82) is 0 Å². The number of carbonyl (C=O) groups excluding carboxylic acids is 2. The maximum atomic E-state index is 12.5. The number of nitrogens with zero attached hydrogens (tertiary/aromatic N) is 3. The number of hydrogen-bond donors (Lipinski definition) is 0. The number of piperidine rings is 1. The molecule has 3 fully saturated rings. The van der Waals surface area contributed by atoms with Gasteiger partial charge in [0.05, 0.1) is 0 Å². The van der Waals surface area contributed by atoms with Crippen molar-refractivity contribution < 1.29 is 9.59 Å². The van der Waals surface area contributed by atoms with Crippen molar-refractivity contribution in [2.45, 2.75) is 31.7 Å². The molecule has 1 aliphatic carbocycles. The molecular formula is C19H24ClN3O2. The average molecular weight is 362 g/mol. The molecule has 3 aliphatic rings. The quantitative estimate of drug-likeness (QED) is 0.827. The second-order valence-corrected chi connectivity index (χ2v) is 7.85. The van der Waals surface area contributed by atoms with Gasteiger partial charge in [-0.05, 0) is 43.4 Å². The number of rotatable bonds is 4. The number of halogens is 1. The molecule has 1 aromatic carbocycles. The van der Waals surface area contributed by atoms with Crippen molar-refractivity contribution in [1.82, 2.24) is 9.80 Å². The molecule has 2 aliphatic heterocycles. The highest BCUT2D eigenvalue weighted by molar-refractivity contribution is 6.30. The molecular weight excluding hydrogens is 338 g/mol. The van der Waals surface area contributed by atoms with Crippen LogP contribution in [0.15, 0.2) is 24.3 Å². The smallest absolute Gasteiger partial charge is 0.246 e.